The highest BCUT2D eigenvalue weighted by Gasteiger charge is 2.17. The van der Waals surface area contributed by atoms with Gasteiger partial charge in [0.15, 0.2) is 0 Å². The molecule has 4 nitrogen and oxygen atoms in total. The van der Waals surface area contributed by atoms with E-state index in [0.29, 0.717) is 6.04 Å². The molecule has 0 aromatic carbocycles. The largest absolute Gasteiger partial charge is 0.506 e. The maximum atomic E-state index is 9.39. The fraction of sp³-hybridized carbons (Fsp3) is 0.417. The van der Waals surface area contributed by atoms with Crippen LogP contribution < -0.4 is 5.32 Å². The molecule has 0 aliphatic carbocycles. The van der Waals surface area contributed by atoms with E-state index in [-0.39, 0.29) is 5.75 Å². The van der Waals surface area contributed by atoms with Crippen molar-refractivity contribution >= 4 is 5.65 Å². The molecular formula is C12H15N3O. The van der Waals surface area contributed by atoms with Gasteiger partial charge >= 0.3 is 0 Å². The van der Waals surface area contributed by atoms with Crippen LogP contribution in [0.1, 0.15) is 31.0 Å². The molecule has 2 aromatic heterocycles. The van der Waals surface area contributed by atoms with Crippen LogP contribution >= 0.6 is 0 Å². The zero-order valence-electron chi connectivity index (χ0n) is 9.06. The van der Waals surface area contributed by atoms with Gasteiger partial charge in [-0.1, -0.05) is 6.42 Å². The van der Waals surface area contributed by atoms with Crippen molar-refractivity contribution in [3.05, 3.63) is 30.2 Å². The van der Waals surface area contributed by atoms with Gasteiger partial charge in [0.25, 0.3) is 0 Å². The van der Waals surface area contributed by atoms with Crippen molar-refractivity contribution in [2.45, 2.75) is 25.3 Å². The zero-order valence-corrected chi connectivity index (χ0v) is 9.06. The zero-order chi connectivity index (χ0) is 11.0. The number of aromatic hydroxyl groups is 1. The number of nitrogens with one attached hydrogen (secondary N) is 1. The number of fused-ring (bicyclic) bond motifs is 1. The second kappa shape index (κ2) is 3.79. The smallest absolute Gasteiger partial charge is 0.137 e. The fourth-order valence-electron chi connectivity index (χ4n) is 2.27. The molecule has 3 rings (SSSR count). The molecule has 3 heterocycles. The minimum absolute atomic E-state index is 0.271. The van der Waals surface area contributed by atoms with Crippen LogP contribution in [0.2, 0.25) is 0 Å². The van der Waals surface area contributed by atoms with Crippen LogP contribution in [-0.2, 0) is 0 Å². The Balaban J connectivity index is 1.97. The number of imidazole rings is 1. The molecule has 4 heteroatoms. The number of rotatable bonds is 1. The van der Waals surface area contributed by atoms with Gasteiger partial charge in [0, 0.05) is 6.20 Å². The summed E-state index contributed by atoms with van der Waals surface area (Å²) in [5.41, 5.74) is 1.96. The summed E-state index contributed by atoms with van der Waals surface area (Å²) in [5, 5.41) is 12.9. The minimum atomic E-state index is 0.271. The highest BCUT2D eigenvalue weighted by Crippen LogP contribution is 2.23. The Morgan fingerprint density at radius 2 is 2.25 bits per heavy atom. The van der Waals surface area contributed by atoms with Crippen LogP contribution in [0.5, 0.6) is 5.75 Å². The monoisotopic (exact) mass is 217 g/mol. The van der Waals surface area contributed by atoms with Crippen LogP contribution in [0.25, 0.3) is 5.65 Å². The first-order valence-electron chi connectivity index (χ1n) is 5.74. The summed E-state index contributed by atoms with van der Waals surface area (Å²) in [4.78, 5) is 4.57. The van der Waals surface area contributed by atoms with Gasteiger partial charge in [-0.05, 0) is 31.5 Å². The van der Waals surface area contributed by atoms with Gasteiger partial charge in [-0.15, -0.1) is 0 Å². The molecule has 1 aliphatic rings. The summed E-state index contributed by atoms with van der Waals surface area (Å²) >= 11 is 0. The van der Waals surface area contributed by atoms with E-state index in [1.54, 1.807) is 12.3 Å². The molecule has 1 unspecified atom stereocenters. The molecule has 0 amide bonds. The lowest BCUT2D eigenvalue weighted by molar-refractivity contribution is 0.406. The Morgan fingerprint density at radius 3 is 3.06 bits per heavy atom. The third-order valence-electron chi connectivity index (χ3n) is 3.12. The molecule has 1 aliphatic heterocycles. The van der Waals surface area contributed by atoms with E-state index in [2.05, 4.69) is 10.3 Å². The van der Waals surface area contributed by atoms with E-state index >= 15 is 0 Å². The third-order valence-corrected chi connectivity index (χ3v) is 3.12. The van der Waals surface area contributed by atoms with Crippen molar-refractivity contribution in [1.82, 2.24) is 14.7 Å². The highest BCUT2D eigenvalue weighted by atomic mass is 16.3. The van der Waals surface area contributed by atoms with Gasteiger partial charge in [0.05, 0.1) is 17.9 Å². The summed E-state index contributed by atoms with van der Waals surface area (Å²) in [6, 6.07) is 3.87. The van der Waals surface area contributed by atoms with Crippen molar-refractivity contribution in [3.63, 3.8) is 0 Å². The molecule has 2 N–H and O–H groups in total. The Hall–Kier alpha value is -1.55. The molecular weight excluding hydrogens is 202 g/mol. The van der Waals surface area contributed by atoms with Crippen LogP contribution in [0.15, 0.2) is 24.5 Å². The first kappa shape index (κ1) is 9.66. The SMILES string of the molecule is Oc1ccc2nc(C3CCCCN3)cn2c1. The first-order chi connectivity index (χ1) is 7.83. The van der Waals surface area contributed by atoms with Crippen molar-refractivity contribution in [2.24, 2.45) is 0 Å². The molecule has 1 fully saturated rings. The maximum absolute atomic E-state index is 9.39. The predicted molar refractivity (Wildman–Crippen MR) is 61.5 cm³/mol. The molecule has 0 radical (unpaired) electrons. The van der Waals surface area contributed by atoms with E-state index in [1.165, 1.54) is 12.8 Å². The maximum Gasteiger partial charge on any atom is 0.137 e. The van der Waals surface area contributed by atoms with Crippen LogP contribution in [0.4, 0.5) is 0 Å². The Bertz CT molecular complexity index is 500. The van der Waals surface area contributed by atoms with Gasteiger partial charge < -0.3 is 14.8 Å². The van der Waals surface area contributed by atoms with Gasteiger partial charge in [-0.3, -0.25) is 0 Å². The number of hydrogen-bond acceptors (Lipinski definition) is 3. The van der Waals surface area contributed by atoms with E-state index in [0.717, 1.165) is 24.3 Å². The van der Waals surface area contributed by atoms with E-state index in [9.17, 15) is 5.11 Å². The lowest BCUT2D eigenvalue weighted by Crippen LogP contribution is -2.26. The molecule has 0 spiro atoms. The second-order valence-corrected chi connectivity index (χ2v) is 4.32. The second-order valence-electron chi connectivity index (χ2n) is 4.32. The lowest BCUT2D eigenvalue weighted by Gasteiger charge is -2.21. The topological polar surface area (TPSA) is 49.6 Å². The molecule has 1 atom stereocenters. The van der Waals surface area contributed by atoms with Crippen LogP contribution in [0, 0.1) is 0 Å². The number of aromatic nitrogens is 2. The van der Waals surface area contributed by atoms with E-state index in [4.69, 9.17) is 0 Å². The van der Waals surface area contributed by atoms with Crippen molar-refractivity contribution in [3.8, 4) is 5.75 Å². The average Bonchev–Trinajstić information content (AvgIpc) is 2.73. The summed E-state index contributed by atoms with van der Waals surface area (Å²) < 4.78 is 1.88. The molecule has 84 valence electrons. The first-order valence-corrected chi connectivity index (χ1v) is 5.74. The molecule has 1 saturated heterocycles. The van der Waals surface area contributed by atoms with Crippen molar-refractivity contribution in [2.75, 3.05) is 6.54 Å². The number of piperidine rings is 1. The number of pyridine rings is 1. The van der Waals surface area contributed by atoms with E-state index in [1.807, 2.05) is 16.7 Å². The summed E-state index contributed by atoms with van der Waals surface area (Å²) in [6.07, 6.45) is 7.35. The quantitative estimate of drug-likeness (QED) is 0.766. The standard InChI is InChI=1S/C12H15N3O/c16-9-4-5-12-14-11(8-15(12)7-9)10-3-1-2-6-13-10/h4-5,7-8,10,13,16H,1-3,6H2. The summed E-state index contributed by atoms with van der Waals surface area (Å²) in [7, 11) is 0. The number of nitrogens with zero attached hydrogens (tertiary/aromatic N) is 2. The predicted octanol–water partition coefficient (Wildman–Crippen LogP) is 1.85. The van der Waals surface area contributed by atoms with E-state index < -0.39 is 0 Å². The van der Waals surface area contributed by atoms with Crippen LogP contribution in [0.3, 0.4) is 0 Å². The molecule has 16 heavy (non-hydrogen) atoms. The average molecular weight is 217 g/mol. The Morgan fingerprint density at radius 1 is 1.31 bits per heavy atom. The van der Waals surface area contributed by atoms with Gasteiger partial charge in [0.1, 0.15) is 11.4 Å². The Labute approximate surface area is 93.9 Å². The summed E-state index contributed by atoms with van der Waals surface area (Å²) in [5.74, 6) is 0.271. The third kappa shape index (κ3) is 1.65. The molecule has 2 aromatic rings. The van der Waals surface area contributed by atoms with Crippen molar-refractivity contribution in [1.29, 1.82) is 0 Å². The van der Waals surface area contributed by atoms with Gasteiger partial charge in [-0.2, -0.15) is 0 Å². The number of hydrogen-bond donors (Lipinski definition) is 2. The lowest BCUT2D eigenvalue weighted by atomic mass is 10.0. The van der Waals surface area contributed by atoms with Gasteiger partial charge in [-0.25, -0.2) is 4.98 Å². The minimum Gasteiger partial charge on any atom is -0.506 e. The van der Waals surface area contributed by atoms with Crippen molar-refractivity contribution < 1.29 is 5.11 Å². The van der Waals surface area contributed by atoms with Crippen LogP contribution in [-0.4, -0.2) is 21.0 Å². The highest BCUT2D eigenvalue weighted by molar-refractivity contribution is 5.43. The van der Waals surface area contributed by atoms with Gasteiger partial charge in [0.2, 0.25) is 0 Å². The normalized spacial score (nSPS) is 21.4. The molecule has 0 bridgehead atoms. The molecule has 0 saturated carbocycles. The fourth-order valence-corrected chi connectivity index (χ4v) is 2.27. The summed E-state index contributed by atoms with van der Waals surface area (Å²) in [6.45, 7) is 1.07. The Kier molecular flexibility index (Phi) is 2.29.